The third-order valence-corrected chi connectivity index (χ3v) is 3.42. The Bertz CT molecular complexity index is 217. The molecule has 0 aromatic heterocycles. The van der Waals surface area contributed by atoms with Gasteiger partial charge in [-0.15, -0.1) is 0 Å². The number of rotatable bonds is 4. The normalized spacial score (nSPS) is 27.3. The fraction of sp³-hybridized carbons (Fsp3) is 0.769. The first-order valence-corrected chi connectivity index (χ1v) is 5.82. The quantitative estimate of drug-likeness (QED) is 0.623. The summed E-state index contributed by atoms with van der Waals surface area (Å²) in [6, 6.07) is 0. The first-order chi connectivity index (χ1) is 6.63. The highest BCUT2D eigenvalue weighted by molar-refractivity contribution is 5.94. The predicted molar refractivity (Wildman–Crippen MR) is 60.2 cm³/mol. The molecule has 1 heteroatoms. The van der Waals surface area contributed by atoms with Crippen molar-refractivity contribution >= 4 is 5.78 Å². The molecule has 0 spiro atoms. The molecule has 0 aromatic carbocycles. The van der Waals surface area contributed by atoms with Gasteiger partial charge in [-0.25, -0.2) is 0 Å². The Kier molecular flexibility index (Phi) is 4.37. The summed E-state index contributed by atoms with van der Waals surface area (Å²) >= 11 is 0. The first-order valence-electron chi connectivity index (χ1n) is 5.82. The lowest BCUT2D eigenvalue weighted by Crippen LogP contribution is -2.18. The van der Waals surface area contributed by atoms with Crippen LogP contribution >= 0.6 is 0 Å². The highest BCUT2D eigenvalue weighted by Gasteiger charge is 2.22. The van der Waals surface area contributed by atoms with Gasteiger partial charge in [0.2, 0.25) is 0 Å². The van der Waals surface area contributed by atoms with Gasteiger partial charge in [0.1, 0.15) is 0 Å². The molecule has 0 amide bonds. The summed E-state index contributed by atoms with van der Waals surface area (Å²) in [5.74, 6) is 1.77. The summed E-state index contributed by atoms with van der Waals surface area (Å²) in [5.41, 5.74) is 0.726. The molecule has 1 saturated carbocycles. The largest absolute Gasteiger partial charge is 0.295 e. The minimum absolute atomic E-state index is 0.270. The summed E-state index contributed by atoms with van der Waals surface area (Å²) < 4.78 is 0. The van der Waals surface area contributed by atoms with Gasteiger partial charge in [0, 0.05) is 6.42 Å². The zero-order valence-corrected chi connectivity index (χ0v) is 9.51. The third kappa shape index (κ3) is 3.28. The number of hydrogen-bond acceptors (Lipinski definition) is 1. The Labute approximate surface area is 87.6 Å². The molecule has 2 unspecified atom stereocenters. The van der Waals surface area contributed by atoms with E-state index in [9.17, 15) is 4.79 Å². The van der Waals surface area contributed by atoms with Crippen LogP contribution in [-0.2, 0) is 4.79 Å². The second-order valence-electron chi connectivity index (χ2n) is 4.71. The fourth-order valence-corrected chi connectivity index (χ4v) is 2.39. The van der Waals surface area contributed by atoms with Crippen LogP contribution in [0.4, 0.5) is 0 Å². The average Bonchev–Trinajstić information content (AvgIpc) is 2.18. The molecule has 1 fully saturated rings. The minimum Gasteiger partial charge on any atom is -0.295 e. The Morgan fingerprint density at radius 3 is 2.57 bits per heavy atom. The second kappa shape index (κ2) is 5.33. The van der Waals surface area contributed by atoms with Gasteiger partial charge >= 0.3 is 0 Å². The van der Waals surface area contributed by atoms with Crippen molar-refractivity contribution < 1.29 is 4.79 Å². The van der Waals surface area contributed by atoms with E-state index in [2.05, 4.69) is 13.5 Å². The fourth-order valence-electron chi connectivity index (χ4n) is 2.39. The van der Waals surface area contributed by atoms with E-state index in [-0.39, 0.29) is 5.78 Å². The molecule has 1 rings (SSSR count). The van der Waals surface area contributed by atoms with E-state index in [1.165, 1.54) is 32.1 Å². The van der Waals surface area contributed by atoms with Crippen LogP contribution in [0.1, 0.15) is 52.4 Å². The van der Waals surface area contributed by atoms with Crippen LogP contribution in [0.3, 0.4) is 0 Å². The summed E-state index contributed by atoms with van der Waals surface area (Å²) in [6.07, 6.45) is 7.20. The zero-order valence-electron chi connectivity index (χ0n) is 9.51. The molecule has 0 aliphatic heterocycles. The van der Waals surface area contributed by atoms with Crippen molar-refractivity contribution in [1.82, 2.24) is 0 Å². The number of carbonyl (C=O) groups excluding carboxylic acids is 1. The molecule has 2 atom stereocenters. The van der Waals surface area contributed by atoms with Gasteiger partial charge in [-0.2, -0.15) is 0 Å². The van der Waals surface area contributed by atoms with Crippen molar-refractivity contribution in [2.75, 3.05) is 0 Å². The first kappa shape index (κ1) is 11.5. The molecule has 0 aromatic rings. The van der Waals surface area contributed by atoms with Crippen LogP contribution in [0.25, 0.3) is 0 Å². The maximum atomic E-state index is 11.5. The molecular formula is C13H22O. The standard InChI is InChI=1S/C13H22O/c1-4-11-6-5-7-12(8-11)9-13(14)10(2)3/h11-12H,2,4-9H2,1,3H3. The van der Waals surface area contributed by atoms with Crippen LogP contribution < -0.4 is 0 Å². The van der Waals surface area contributed by atoms with Crippen LogP contribution in [-0.4, -0.2) is 5.78 Å². The van der Waals surface area contributed by atoms with Crippen molar-refractivity contribution in [1.29, 1.82) is 0 Å². The molecule has 0 saturated heterocycles. The number of allylic oxidation sites excluding steroid dienone is 1. The molecule has 14 heavy (non-hydrogen) atoms. The van der Waals surface area contributed by atoms with E-state index in [4.69, 9.17) is 0 Å². The van der Waals surface area contributed by atoms with Crippen molar-refractivity contribution in [3.63, 3.8) is 0 Å². The van der Waals surface area contributed by atoms with Gasteiger partial charge in [0.25, 0.3) is 0 Å². The lowest BCUT2D eigenvalue weighted by atomic mass is 9.78. The van der Waals surface area contributed by atoms with Crippen molar-refractivity contribution in [3.05, 3.63) is 12.2 Å². The van der Waals surface area contributed by atoms with Gasteiger partial charge < -0.3 is 0 Å². The maximum absolute atomic E-state index is 11.5. The summed E-state index contributed by atoms with van der Waals surface area (Å²) in [6.45, 7) is 7.79. The number of ketones is 1. The lowest BCUT2D eigenvalue weighted by molar-refractivity contribution is -0.116. The molecule has 0 heterocycles. The average molecular weight is 194 g/mol. The molecule has 0 radical (unpaired) electrons. The summed E-state index contributed by atoms with van der Waals surface area (Å²) in [7, 11) is 0. The minimum atomic E-state index is 0.270. The molecule has 1 nitrogen and oxygen atoms in total. The van der Waals surface area contributed by atoms with Gasteiger partial charge in [0.05, 0.1) is 0 Å². The van der Waals surface area contributed by atoms with E-state index in [0.29, 0.717) is 5.92 Å². The molecule has 0 bridgehead atoms. The van der Waals surface area contributed by atoms with Crippen LogP contribution in [0.5, 0.6) is 0 Å². The maximum Gasteiger partial charge on any atom is 0.158 e. The summed E-state index contributed by atoms with van der Waals surface area (Å²) in [5, 5.41) is 0. The van der Waals surface area contributed by atoms with E-state index < -0.39 is 0 Å². The van der Waals surface area contributed by atoms with E-state index in [1.807, 2.05) is 6.92 Å². The van der Waals surface area contributed by atoms with Crippen molar-refractivity contribution in [2.45, 2.75) is 52.4 Å². The zero-order chi connectivity index (χ0) is 10.6. The van der Waals surface area contributed by atoms with Crippen LogP contribution in [0.2, 0.25) is 0 Å². The topological polar surface area (TPSA) is 17.1 Å². The number of Topliss-reactive ketones (excluding diaryl/α,β-unsaturated/α-hetero) is 1. The smallest absolute Gasteiger partial charge is 0.158 e. The number of carbonyl (C=O) groups is 1. The van der Waals surface area contributed by atoms with E-state index in [0.717, 1.165) is 17.9 Å². The highest BCUT2D eigenvalue weighted by atomic mass is 16.1. The van der Waals surface area contributed by atoms with Crippen molar-refractivity contribution in [2.24, 2.45) is 11.8 Å². The Hall–Kier alpha value is -0.590. The monoisotopic (exact) mass is 194 g/mol. The second-order valence-corrected chi connectivity index (χ2v) is 4.71. The molecular weight excluding hydrogens is 172 g/mol. The van der Waals surface area contributed by atoms with Gasteiger partial charge in [-0.1, -0.05) is 32.8 Å². The molecule has 1 aliphatic rings. The van der Waals surface area contributed by atoms with E-state index in [1.54, 1.807) is 0 Å². The Balaban J connectivity index is 2.37. The predicted octanol–water partition coefficient (Wildman–Crippen LogP) is 3.74. The number of hydrogen-bond donors (Lipinski definition) is 0. The van der Waals surface area contributed by atoms with Crippen molar-refractivity contribution in [3.8, 4) is 0 Å². The molecule has 80 valence electrons. The highest BCUT2D eigenvalue weighted by Crippen LogP contribution is 2.33. The van der Waals surface area contributed by atoms with Gasteiger partial charge in [-0.3, -0.25) is 4.79 Å². The van der Waals surface area contributed by atoms with E-state index >= 15 is 0 Å². The Morgan fingerprint density at radius 1 is 1.36 bits per heavy atom. The van der Waals surface area contributed by atoms with Crippen LogP contribution in [0, 0.1) is 11.8 Å². The van der Waals surface area contributed by atoms with Gasteiger partial charge in [0.15, 0.2) is 5.78 Å². The Morgan fingerprint density at radius 2 is 2.00 bits per heavy atom. The third-order valence-electron chi connectivity index (χ3n) is 3.42. The SMILES string of the molecule is C=C(C)C(=O)CC1CCCC(CC)C1. The van der Waals surface area contributed by atoms with Gasteiger partial charge in [-0.05, 0) is 37.2 Å². The summed E-state index contributed by atoms with van der Waals surface area (Å²) in [4.78, 5) is 11.5. The van der Waals surface area contributed by atoms with Crippen LogP contribution in [0.15, 0.2) is 12.2 Å². The molecule has 1 aliphatic carbocycles. The lowest BCUT2D eigenvalue weighted by Gasteiger charge is -2.27. The molecule has 0 N–H and O–H groups in total.